The average molecular weight is 142 g/mol. The molecular formula is C7H14N2O. The smallest absolute Gasteiger partial charge is 0.0575 e. The van der Waals surface area contributed by atoms with Gasteiger partial charge >= 0.3 is 0 Å². The minimum absolute atomic E-state index is 0.657. The lowest BCUT2D eigenvalue weighted by atomic mass is 10.1. The first-order valence-corrected chi connectivity index (χ1v) is 3.93. The SMILES string of the molecule is CON1CCC2CNCC21. The van der Waals surface area contributed by atoms with Crippen LogP contribution in [0, 0.1) is 5.92 Å². The van der Waals surface area contributed by atoms with Gasteiger partial charge in [0.1, 0.15) is 0 Å². The molecule has 2 saturated heterocycles. The molecule has 10 heavy (non-hydrogen) atoms. The van der Waals surface area contributed by atoms with E-state index in [1.807, 2.05) is 0 Å². The molecule has 58 valence electrons. The van der Waals surface area contributed by atoms with Crippen LogP contribution in [0.4, 0.5) is 0 Å². The molecule has 2 unspecified atom stereocenters. The quantitative estimate of drug-likeness (QED) is 0.550. The van der Waals surface area contributed by atoms with Crippen LogP contribution in [0.3, 0.4) is 0 Å². The lowest BCUT2D eigenvalue weighted by Gasteiger charge is -2.19. The van der Waals surface area contributed by atoms with E-state index in [-0.39, 0.29) is 0 Å². The molecule has 0 aromatic rings. The Bertz CT molecular complexity index is 129. The molecule has 0 amide bonds. The van der Waals surface area contributed by atoms with Crippen LogP contribution in [0.15, 0.2) is 0 Å². The molecule has 3 nitrogen and oxygen atoms in total. The lowest BCUT2D eigenvalue weighted by Crippen LogP contribution is -2.32. The summed E-state index contributed by atoms with van der Waals surface area (Å²) in [6.45, 7) is 3.41. The first-order chi connectivity index (χ1) is 4.92. The Balaban J connectivity index is 2.01. The fraction of sp³-hybridized carbons (Fsp3) is 1.00. The Labute approximate surface area is 61.3 Å². The summed E-state index contributed by atoms with van der Waals surface area (Å²) < 4.78 is 0. The second-order valence-electron chi connectivity index (χ2n) is 3.10. The Morgan fingerprint density at radius 1 is 1.50 bits per heavy atom. The van der Waals surface area contributed by atoms with E-state index in [1.165, 1.54) is 13.0 Å². The van der Waals surface area contributed by atoms with Crippen molar-refractivity contribution >= 4 is 0 Å². The molecule has 0 aromatic heterocycles. The molecule has 0 radical (unpaired) electrons. The third-order valence-corrected chi connectivity index (χ3v) is 2.63. The van der Waals surface area contributed by atoms with Crippen molar-refractivity contribution in [3.63, 3.8) is 0 Å². The van der Waals surface area contributed by atoms with Gasteiger partial charge < -0.3 is 10.2 Å². The molecule has 2 aliphatic heterocycles. The molecule has 0 saturated carbocycles. The van der Waals surface area contributed by atoms with Crippen molar-refractivity contribution in [3.05, 3.63) is 0 Å². The van der Waals surface area contributed by atoms with Gasteiger partial charge in [-0.25, -0.2) is 0 Å². The van der Waals surface area contributed by atoms with Gasteiger partial charge in [0.25, 0.3) is 0 Å². The van der Waals surface area contributed by atoms with E-state index >= 15 is 0 Å². The van der Waals surface area contributed by atoms with E-state index in [1.54, 1.807) is 7.11 Å². The zero-order chi connectivity index (χ0) is 6.97. The van der Waals surface area contributed by atoms with Crippen LogP contribution in [0.1, 0.15) is 6.42 Å². The lowest BCUT2D eigenvalue weighted by molar-refractivity contribution is -0.140. The van der Waals surface area contributed by atoms with Crippen molar-refractivity contribution in [1.82, 2.24) is 10.4 Å². The summed E-state index contributed by atoms with van der Waals surface area (Å²) in [5.41, 5.74) is 0. The Morgan fingerprint density at radius 2 is 2.40 bits per heavy atom. The van der Waals surface area contributed by atoms with Crippen LogP contribution in [0.2, 0.25) is 0 Å². The maximum absolute atomic E-state index is 5.22. The standard InChI is InChI=1S/C7H14N2O/c1-10-9-3-2-6-4-8-5-7(6)9/h6-8H,2-5H2,1H3. The fourth-order valence-electron chi connectivity index (χ4n) is 2.04. The van der Waals surface area contributed by atoms with E-state index in [2.05, 4.69) is 10.4 Å². The topological polar surface area (TPSA) is 24.5 Å². The number of hydroxylamine groups is 2. The number of nitrogens with zero attached hydrogens (tertiary/aromatic N) is 1. The van der Waals surface area contributed by atoms with E-state index < -0.39 is 0 Å². The first-order valence-electron chi connectivity index (χ1n) is 3.93. The van der Waals surface area contributed by atoms with Gasteiger partial charge in [0.05, 0.1) is 13.2 Å². The predicted octanol–water partition coefficient (Wildman–Crippen LogP) is -0.159. The predicted molar refractivity (Wildman–Crippen MR) is 38.5 cm³/mol. The fourth-order valence-corrected chi connectivity index (χ4v) is 2.04. The number of rotatable bonds is 1. The highest BCUT2D eigenvalue weighted by Crippen LogP contribution is 2.26. The summed E-state index contributed by atoms with van der Waals surface area (Å²) in [5.74, 6) is 0.847. The van der Waals surface area contributed by atoms with Crippen LogP contribution in [-0.2, 0) is 4.84 Å². The summed E-state index contributed by atoms with van der Waals surface area (Å²) in [6.07, 6.45) is 1.30. The molecule has 2 atom stereocenters. The third-order valence-electron chi connectivity index (χ3n) is 2.63. The van der Waals surface area contributed by atoms with Crippen molar-refractivity contribution in [3.8, 4) is 0 Å². The number of hydrogen-bond acceptors (Lipinski definition) is 3. The molecular weight excluding hydrogens is 128 g/mol. The summed E-state index contributed by atoms with van der Waals surface area (Å²) in [6, 6.07) is 0.657. The van der Waals surface area contributed by atoms with Gasteiger partial charge in [-0.1, -0.05) is 0 Å². The zero-order valence-corrected chi connectivity index (χ0v) is 6.34. The van der Waals surface area contributed by atoms with E-state index in [0.29, 0.717) is 6.04 Å². The van der Waals surface area contributed by atoms with Gasteiger partial charge in [0, 0.05) is 13.1 Å². The van der Waals surface area contributed by atoms with Crippen LogP contribution in [-0.4, -0.2) is 37.8 Å². The van der Waals surface area contributed by atoms with E-state index in [0.717, 1.165) is 19.0 Å². The molecule has 2 heterocycles. The van der Waals surface area contributed by atoms with Gasteiger partial charge in [0.15, 0.2) is 0 Å². The Kier molecular flexibility index (Phi) is 1.64. The summed E-state index contributed by atoms with van der Waals surface area (Å²) in [7, 11) is 1.76. The summed E-state index contributed by atoms with van der Waals surface area (Å²) in [5, 5.41) is 5.47. The van der Waals surface area contributed by atoms with E-state index in [9.17, 15) is 0 Å². The Hall–Kier alpha value is -0.120. The van der Waals surface area contributed by atoms with Crippen molar-refractivity contribution in [2.45, 2.75) is 12.5 Å². The molecule has 2 fully saturated rings. The largest absolute Gasteiger partial charge is 0.315 e. The summed E-state index contributed by atoms with van der Waals surface area (Å²) in [4.78, 5) is 5.22. The zero-order valence-electron chi connectivity index (χ0n) is 6.34. The molecule has 0 bridgehead atoms. The molecule has 1 N–H and O–H groups in total. The monoisotopic (exact) mass is 142 g/mol. The van der Waals surface area contributed by atoms with Gasteiger partial charge in [-0.2, -0.15) is 5.06 Å². The second kappa shape index (κ2) is 2.49. The van der Waals surface area contributed by atoms with Gasteiger partial charge in [-0.3, -0.25) is 0 Å². The van der Waals surface area contributed by atoms with Crippen LogP contribution in [0.5, 0.6) is 0 Å². The molecule has 0 spiro atoms. The Morgan fingerprint density at radius 3 is 3.20 bits per heavy atom. The van der Waals surface area contributed by atoms with Crippen LogP contribution >= 0.6 is 0 Å². The second-order valence-corrected chi connectivity index (χ2v) is 3.10. The van der Waals surface area contributed by atoms with Crippen molar-refractivity contribution in [1.29, 1.82) is 0 Å². The number of fused-ring (bicyclic) bond motifs is 1. The van der Waals surface area contributed by atoms with Crippen molar-refractivity contribution in [2.24, 2.45) is 5.92 Å². The minimum Gasteiger partial charge on any atom is -0.315 e. The van der Waals surface area contributed by atoms with Crippen molar-refractivity contribution in [2.75, 3.05) is 26.7 Å². The molecule has 0 aliphatic carbocycles. The first kappa shape index (κ1) is 6.58. The highest BCUT2D eigenvalue weighted by atomic mass is 16.7. The van der Waals surface area contributed by atoms with Gasteiger partial charge in [-0.15, -0.1) is 0 Å². The molecule has 2 aliphatic rings. The normalized spacial score (nSPS) is 40.5. The highest BCUT2D eigenvalue weighted by molar-refractivity contribution is 4.91. The third kappa shape index (κ3) is 0.856. The number of hydrogen-bond donors (Lipinski definition) is 1. The van der Waals surface area contributed by atoms with Crippen LogP contribution in [0.25, 0.3) is 0 Å². The maximum Gasteiger partial charge on any atom is 0.0575 e. The molecule has 2 rings (SSSR count). The van der Waals surface area contributed by atoms with Gasteiger partial charge in [0.2, 0.25) is 0 Å². The van der Waals surface area contributed by atoms with E-state index in [4.69, 9.17) is 4.84 Å². The number of nitrogens with one attached hydrogen (secondary N) is 1. The maximum atomic E-state index is 5.22. The minimum atomic E-state index is 0.657. The van der Waals surface area contributed by atoms with Crippen molar-refractivity contribution < 1.29 is 4.84 Å². The average Bonchev–Trinajstić information content (AvgIpc) is 2.44. The molecule has 0 aromatic carbocycles. The highest BCUT2D eigenvalue weighted by Gasteiger charge is 2.37. The molecule has 3 heteroatoms. The van der Waals surface area contributed by atoms with Crippen LogP contribution < -0.4 is 5.32 Å². The summed E-state index contributed by atoms with van der Waals surface area (Å²) >= 11 is 0. The van der Waals surface area contributed by atoms with Gasteiger partial charge in [-0.05, 0) is 18.9 Å².